The molecule has 0 saturated carbocycles. The van der Waals surface area contributed by atoms with E-state index in [1.54, 1.807) is 18.2 Å². The van der Waals surface area contributed by atoms with E-state index in [9.17, 15) is 9.65 Å². The molecule has 2 aromatic carbocycles. The second-order valence-corrected chi connectivity index (χ2v) is 8.07. The molecule has 0 spiro atoms. The van der Waals surface area contributed by atoms with E-state index in [0.29, 0.717) is 32.9 Å². The zero-order valence-corrected chi connectivity index (χ0v) is 16.6. The average Bonchev–Trinajstić information content (AvgIpc) is 3.26. The summed E-state index contributed by atoms with van der Waals surface area (Å²) in [7, 11) is 0. The van der Waals surface area contributed by atoms with Crippen LogP contribution in [0.5, 0.6) is 0 Å². The Hall–Kier alpha value is -2.73. The molecule has 2 aromatic heterocycles. The van der Waals surface area contributed by atoms with Gasteiger partial charge in [-0.1, -0.05) is 54.1 Å². The summed E-state index contributed by atoms with van der Waals surface area (Å²) in [6, 6.07) is 18.3. The molecule has 0 atom stereocenters. The lowest BCUT2D eigenvalue weighted by Crippen LogP contribution is -2.04. The molecule has 0 unspecified atom stereocenters. The molecule has 0 fully saturated rings. The second-order valence-electron chi connectivity index (χ2n) is 5.71. The first-order valence-corrected chi connectivity index (χ1v) is 10.1. The van der Waals surface area contributed by atoms with Crippen LogP contribution >= 0.6 is 34.9 Å². The van der Waals surface area contributed by atoms with Crippen molar-refractivity contribution in [1.82, 2.24) is 19.1 Å². The van der Waals surface area contributed by atoms with Gasteiger partial charge in [0.15, 0.2) is 16.1 Å². The molecule has 0 N–H and O–H groups in total. The van der Waals surface area contributed by atoms with Crippen LogP contribution in [-0.4, -0.2) is 19.1 Å². The number of nitrogens with zero attached hydrogens (tertiary/aromatic N) is 5. The highest BCUT2D eigenvalue weighted by molar-refractivity contribution is 8.01. The molecule has 0 aliphatic carbocycles. The number of hydrogen-bond donors (Lipinski definition) is 0. The van der Waals surface area contributed by atoms with Gasteiger partial charge >= 0.3 is 0 Å². The summed E-state index contributed by atoms with van der Waals surface area (Å²) in [5.74, 6) is 0.0397. The minimum absolute atomic E-state index is 0.165. The van der Waals surface area contributed by atoms with Gasteiger partial charge in [-0.3, -0.25) is 4.57 Å². The monoisotopic (exact) mass is 427 g/mol. The van der Waals surface area contributed by atoms with E-state index < -0.39 is 0 Å². The van der Waals surface area contributed by atoms with Crippen molar-refractivity contribution in [2.45, 2.75) is 15.9 Å². The molecule has 28 heavy (non-hydrogen) atoms. The Kier molecular flexibility index (Phi) is 5.39. The van der Waals surface area contributed by atoms with Crippen LogP contribution in [0.4, 0.5) is 4.39 Å². The Morgan fingerprint density at radius 3 is 2.61 bits per heavy atom. The van der Waals surface area contributed by atoms with Crippen molar-refractivity contribution in [3.8, 4) is 17.5 Å². The summed E-state index contributed by atoms with van der Waals surface area (Å²) >= 11 is 8.34. The maximum Gasteiger partial charge on any atom is 0.197 e. The van der Waals surface area contributed by atoms with E-state index in [1.807, 2.05) is 34.9 Å². The van der Waals surface area contributed by atoms with Crippen molar-refractivity contribution in [2.75, 3.05) is 0 Å². The summed E-state index contributed by atoms with van der Waals surface area (Å²) in [4.78, 5) is 0. The van der Waals surface area contributed by atoms with Gasteiger partial charge in [0.1, 0.15) is 21.7 Å². The molecule has 9 heteroatoms. The molecule has 0 bridgehead atoms. The number of hydrogen-bond acceptors (Lipinski definition) is 6. The largest absolute Gasteiger partial charge is 0.297 e. The Labute approximate surface area is 173 Å². The lowest BCUT2D eigenvalue weighted by molar-refractivity contribution is 0.626. The highest BCUT2D eigenvalue weighted by atomic mass is 35.5. The van der Waals surface area contributed by atoms with E-state index in [4.69, 9.17) is 11.6 Å². The first-order chi connectivity index (χ1) is 13.7. The molecule has 4 rings (SSSR count). The van der Waals surface area contributed by atoms with Gasteiger partial charge in [-0.05, 0) is 41.0 Å². The van der Waals surface area contributed by atoms with E-state index >= 15 is 0 Å². The third-order valence-electron chi connectivity index (χ3n) is 3.93. The van der Waals surface area contributed by atoms with Crippen LogP contribution < -0.4 is 0 Å². The van der Waals surface area contributed by atoms with E-state index in [2.05, 4.69) is 20.6 Å². The number of rotatable bonds is 5. The minimum atomic E-state index is -0.376. The first kappa shape index (κ1) is 18.6. The van der Waals surface area contributed by atoms with Gasteiger partial charge in [0, 0.05) is 0 Å². The van der Waals surface area contributed by atoms with Gasteiger partial charge in [0.05, 0.1) is 12.1 Å². The Morgan fingerprint density at radius 2 is 1.86 bits per heavy atom. The fraction of sp³-hybridized carbons (Fsp3) is 0.0526. The Balaban J connectivity index is 1.80. The molecule has 0 aliphatic heterocycles. The topological polar surface area (TPSA) is 67.4 Å². The van der Waals surface area contributed by atoms with E-state index in [1.165, 1.54) is 17.8 Å². The number of halogens is 2. The molecule has 0 aliphatic rings. The maximum absolute atomic E-state index is 14.4. The van der Waals surface area contributed by atoms with Crippen LogP contribution in [0.2, 0.25) is 5.15 Å². The summed E-state index contributed by atoms with van der Waals surface area (Å²) < 4.78 is 20.9. The smallest absolute Gasteiger partial charge is 0.197 e. The van der Waals surface area contributed by atoms with Crippen LogP contribution in [0.25, 0.3) is 11.4 Å². The third kappa shape index (κ3) is 3.64. The number of benzene rings is 2. The third-order valence-corrected chi connectivity index (χ3v) is 6.30. The van der Waals surface area contributed by atoms with Crippen molar-refractivity contribution < 1.29 is 4.39 Å². The lowest BCUT2D eigenvalue weighted by atomic mass is 10.2. The van der Waals surface area contributed by atoms with Crippen LogP contribution in [0.3, 0.4) is 0 Å². The molecule has 5 nitrogen and oxygen atoms in total. The fourth-order valence-electron chi connectivity index (χ4n) is 2.62. The van der Waals surface area contributed by atoms with Crippen molar-refractivity contribution in [2.24, 2.45) is 0 Å². The number of nitriles is 1. The normalized spacial score (nSPS) is 10.8. The molecule has 0 amide bonds. The summed E-state index contributed by atoms with van der Waals surface area (Å²) in [6.07, 6.45) is 0. The average molecular weight is 428 g/mol. The van der Waals surface area contributed by atoms with Gasteiger partial charge in [-0.2, -0.15) is 9.64 Å². The number of aromatic nitrogens is 4. The minimum Gasteiger partial charge on any atom is -0.297 e. The van der Waals surface area contributed by atoms with Crippen LogP contribution in [-0.2, 0) is 6.54 Å². The molecular formula is C19H11ClFN5S2. The maximum atomic E-state index is 14.4. The van der Waals surface area contributed by atoms with Gasteiger partial charge in [0.2, 0.25) is 0 Å². The summed E-state index contributed by atoms with van der Waals surface area (Å²) in [6.45, 7) is 0.453. The fourth-order valence-corrected chi connectivity index (χ4v) is 4.69. The summed E-state index contributed by atoms with van der Waals surface area (Å²) in [5.41, 5.74) is 1.68. The SMILES string of the molecule is N#Cc1c(Cl)nsc1Sc1nnc(-c2ccccc2F)n1Cc1ccccc1. The molecule has 0 radical (unpaired) electrons. The van der Waals surface area contributed by atoms with E-state index in [0.717, 1.165) is 17.1 Å². The first-order valence-electron chi connectivity index (χ1n) is 8.12. The zero-order chi connectivity index (χ0) is 19.5. The molecular weight excluding hydrogens is 417 g/mol. The van der Waals surface area contributed by atoms with Crippen LogP contribution in [0.1, 0.15) is 11.1 Å². The van der Waals surface area contributed by atoms with E-state index in [-0.39, 0.29) is 11.0 Å². The van der Waals surface area contributed by atoms with Gasteiger partial charge in [0.25, 0.3) is 0 Å². The van der Waals surface area contributed by atoms with Crippen molar-refractivity contribution >= 4 is 34.9 Å². The van der Waals surface area contributed by atoms with Gasteiger partial charge < -0.3 is 0 Å². The highest BCUT2D eigenvalue weighted by Gasteiger charge is 2.21. The standard InChI is InChI=1S/C19H11ClFN5S2/c20-16-14(10-22)18(28-25-16)27-19-24-23-17(13-8-4-5-9-15(13)21)26(19)11-12-6-2-1-3-7-12/h1-9H,11H2. The summed E-state index contributed by atoms with van der Waals surface area (Å²) in [5, 5.41) is 18.5. The molecule has 138 valence electrons. The lowest BCUT2D eigenvalue weighted by Gasteiger charge is -2.10. The Bertz CT molecular complexity index is 1170. The van der Waals surface area contributed by atoms with Crippen LogP contribution in [0.15, 0.2) is 64.0 Å². The molecule has 4 aromatic rings. The van der Waals surface area contributed by atoms with Crippen LogP contribution in [0, 0.1) is 17.1 Å². The quantitative estimate of drug-likeness (QED) is 0.434. The van der Waals surface area contributed by atoms with Gasteiger partial charge in [-0.25, -0.2) is 4.39 Å². The zero-order valence-electron chi connectivity index (χ0n) is 14.2. The second kappa shape index (κ2) is 8.10. The van der Waals surface area contributed by atoms with Crippen molar-refractivity contribution in [3.05, 3.63) is 76.7 Å². The predicted octanol–water partition coefficient (Wildman–Crippen LogP) is 5.27. The molecule has 0 saturated heterocycles. The van der Waals surface area contributed by atoms with Crippen molar-refractivity contribution in [1.29, 1.82) is 5.26 Å². The predicted molar refractivity (Wildman–Crippen MR) is 107 cm³/mol. The highest BCUT2D eigenvalue weighted by Crippen LogP contribution is 2.37. The Morgan fingerprint density at radius 1 is 1.11 bits per heavy atom. The van der Waals surface area contributed by atoms with Crippen molar-refractivity contribution in [3.63, 3.8) is 0 Å². The van der Waals surface area contributed by atoms with Gasteiger partial charge in [-0.15, -0.1) is 10.2 Å². The molecule has 2 heterocycles.